The van der Waals surface area contributed by atoms with Crippen LogP contribution in [-0.2, 0) is 22.6 Å². The van der Waals surface area contributed by atoms with Gasteiger partial charge in [-0.25, -0.2) is 0 Å². The van der Waals surface area contributed by atoms with Gasteiger partial charge in [0.05, 0.1) is 18.7 Å². The minimum absolute atomic E-state index is 0.00764. The van der Waals surface area contributed by atoms with E-state index in [1.54, 1.807) is 0 Å². The van der Waals surface area contributed by atoms with Gasteiger partial charge in [-0.15, -0.1) is 0 Å². The Morgan fingerprint density at radius 1 is 1.60 bits per heavy atom. The summed E-state index contributed by atoms with van der Waals surface area (Å²) >= 11 is 0. The van der Waals surface area contributed by atoms with Crippen molar-refractivity contribution in [2.24, 2.45) is 11.3 Å². The molecular weight excluding hydrogens is 254 g/mol. The Bertz CT molecular complexity index is 499. The second-order valence-electron chi connectivity index (χ2n) is 6.11. The molecule has 0 bridgehead atoms. The number of nitrogens with zero attached hydrogens (tertiary/aromatic N) is 3. The average molecular weight is 277 g/mol. The van der Waals surface area contributed by atoms with E-state index in [1.807, 2.05) is 10.9 Å². The van der Waals surface area contributed by atoms with Crippen LogP contribution in [0.25, 0.3) is 0 Å². The van der Waals surface area contributed by atoms with E-state index in [0.29, 0.717) is 5.92 Å². The van der Waals surface area contributed by atoms with Gasteiger partial charge in [-0.2, -0.15) is 5.10 Å². The van der Waals surface area contributed by atoms with Crippen LogP contribution in [0.4, 0.5) is 0 Å². The fourth-order valence-electron chi connectivity index (χ4n) is 3.97. The Labute approximate surface area is 119 Å². The summed E-state index contributed by atoms with van der Waals surface area (Å²) in [7, 11) is 1.51. The SMILES string of the molecule is CCn1cc(CN2C[C@H]3CCC[C@]3(C(=O)OC)C2)cn1. The molecule has 0 spiro atoms. The van der Waals surface area contributed by atoms with E-state index in [1.165, 1.54) is 12.7 Å². The molecule has 0 radical (unpaired) electrons. The first-order valence-electron chi connectivity index (χ1n) is 7.50. The molecule has 5 nitrogen and oxygen atoms in total. The second-order valence-corrected chi connectivity index (χ2v) is 6.11. The van der Waals surface area contributed by atoms with E-state index in [4.69, 9.17) is 4.74 Å². The number of fused-ring (bicyclic) bond motifs is 1. The number of carbonyl (C=O) groups excluding carboxylic acids is 1. The van der Waals surface area contributed by atoms with E-state index in [-0.39, 0.29) is 11.4 Å². The first-order chi connectivity index (χ1) is 9.68. The molecule has 0 unspecified atom stereocenters. The van der Waals surface area contributed by atoms with E-state index >= 15 is 0 Å². The van der Waals surface area contributed by atoms with E-state index < -0.39 is 0 Å². The van der Waals surface area contributed by atoms with Crippen molar-refractivity contribution in [1.82, 2.24) is 14.7 Å². The van der Waals surface area contributed by atoms with Gasteiger partial charge in [0, 0.05) is 37.9 Å². The predicted molar refractivity (Wildman–Crippen MR) is 75.0 cm³/mol. The van der Waals surface area contributed by atoms with Gasteiger partial charge in [-0.3, -0.25) is 14.4 Å². The van der Waals surface area contributed by atoms with Crippen molar-refractivity contribution >= 4 is 5.97 Å². The minimum atomic E-state index is -0.241. The normalized spacial score (nSPS) is 29.6. The van der Waals surface area contributed by atoms with Crippen LogP contribution in [0, 0.1) is 11.3 Å². The van der Waals surface area contributed by atoms with Crippen molar-refractivity contribution in [1.29, 1.82) is 0 Å². The first-order valence-corrected chi connectivity index (χ1v) is 7.50. The Balaban J connectivity index is 1.70. The maximum absolute atomic E-state index is 12.2. The molecule has 2 aliphatic rings. The van der Waals surface area contributed by atoms with Crippen molar-refractivity contribution in [3.05, 3.63) is 18.0 Å². The molecule has 2 heterocycles. The molecule has 2 atom stereocenters. The molecule has 1 aromatic rings. The number of likely N-dealkylation sites (tertiary alicyclic amines) is 1. The maximum atomic E-state index is 12.2. The summed E-state index contributed by atoms with van der Waals surface area (Å²) in [6.45, 7) is 5.71. The highest BCUT2D eigenvalue weighted by Gasteiger charge is 2.55. The zero-order valence-electron chi connectivity index (χ0n) is 12.3. The van der Waals surface area contributed by atoms with Crippen molar-refractivity contribution in [3.8, 4) is 0 Å². The molecule has 20 heavy (non-hydrogen) atoms. The monoisotopic (exact) mass is 277 g/mol. The summed E-state index contributed by atoms with van der Waals surface area (Å²) in [6.07, 6.45) is 7.32. The van der Waals surface area contributed by atoms with Crippen molar-refractivity contribution in [2.45, 2.75) is 39.3 Å². The van der Waals surface area contributed by atoms with Crippen LogP contribution >= 0.6 is 0 Å². The van der Waals surface area contributed by atoms with Gasteiger partial charge < -0.3 is 4.74 Å². The lowest BCUT2D eigenvalue weighted by Crippen LogP contribution is -2.36. The molecule has 0 N–H and O–H groups in total. The van der Waals surface area contributed by atoms with Gasteiger partial charge in [0.2, 0.25) is 0 Å². The summed E-state index contributed by atoms with van der Waals surface area (Å²) in [6, 6.07) is 0. The molecule has 1 aliphatic heterocycles. The van der Waals surface area contributed by atoms with Crippen molar-refractivity contribution in [3.63, 3.8) is 0 Å². The van der Waals surface area contributed by atoms with Gasteiger partial charge in [0.25, 0.3) is 0 Å². The molecule has 0 aromatic carbocycles. The first kappa shape index (κ1) is 13.6. The number of hydrogen-bond donors (Lipinski definition) is 0. The maximum Gasteiger partial charge on any atom is 0.313 e. The van der Waals surface area contributed by atoms with Crippen LogP contribution < -0.4 is 0 Å². The van der Waals surface area contributed by atoms with Crippen LogP contribution in [0.3, 0.4) is 0 Å². The molecule has 2 fully saturated rings. The Morgan fingerprint density at radius 3 is 3.15 bits per heavy atom. The number of aryl methyl sites for hydroxylation is 1. The molecule has 1 aromatic heterocycles. The number of rotatable bonds is 4. The summed E-state index contributed by atoms with van der Waals surface area (Å²) in [5.41, 5.74) is 0.988. The van der Waals surface area contributed by atoms with E-state index in [2.05, 4.69) is 23.1 Å². The third kappa shape index (κ3) is 2.14. The van der Waals surface area contributed by atoms with Gasteiger partial charge in [-0.05, 0) is 25.7 Å². The topological polar surface area (TPSA) is 47.4 Å². The lowest BCUT2D eigenvalue weighted by molar-refractivity contribution is -0.153. The quantitative estimate of drug-likeness (QED) is 0.786. The van der Waals surface area contributed by atoms with Gasteiger partial charge in [0.1, 0.15) is 0 Å². The summed E-state index contributed by atoms with van der Waals surface area (Å²) in [5, 5.41) is 4.32. The lowest BCUT2D eigenvalue weighted by Gasteiger charge is -2.25. The highest BCUT2D eigenvalue weighted by molar-refractivity contribution is 5.78. The number of hydrogen-bond acceptors (Lipinski definition) is 4. The van der Waals surface area contributed by atoms with Gasteiger partial charge in [0.15, 0.2) is 0 Å². The summed E-state index contributed by atoms with van der Waals surface area (Å²) in [4.78, 5) is 14.6. The molecule has 110 valence electrons. The number of ether oxygens (including phenoxy) is 1. The summed E-state index contributed by atoms with van der Waals surface area (Å²) < 4.78 is 7.02. The average Bonchev–Trinajstić information content (AvgIpc) is 3.11. The molecular formula is C15H23N3O2. The van der Waals surface area contributed by atoms with Gasteiger partial charge >= 0.3 is 5.97 Å². The van der Waals surface area contributed by atoms with Crippen LogP contribution in [0.1, 0.15) is 31.7 Å². The zero-order valence-corrected chi connectivity index (χ0v) is 12.3. The van der Waals surface area contributed by atoms with Crippen LogP contribution in [0.15, 0.2) is 12.4 Å². The standard InChI is InChI=1S/C15H23N3O2/c1-3-18-9-12(7-16-18)8-17-10-13-5-4-6-15(13,11-17)14(19)20-2/h7,9,13H,3-6,8,10-11H2,1-2H3/t13-,15+/m1/s1. The highest BCUT2D eigenvalue weighted by Crippen LogP contribution is 2.49. The fraction of sp³-hybridized carbons (Fsp3) is 0.733. The van der Waals surface area contributed by atoms with Crippen LogP contribution in [0.2, 0.25) is 0 Å². The second kappa shape index (κ2) is 5.20. The number of esters is 1. The molecule has 3 rings (SSSR count). The number of aromatic nitrogens is 2. The molecule has 1 saturated heterocycles. The lowest BCUT2D eigenvalue weighted by atomic mass is 9.81. The Morgan fingerprint density at radius 2 is 2.45 bits per heavy atom. The predicted octanol–water partition coefficient (Wildman–Crippen LogP) is 1.68. The fourth-order valence-corrected chi connectivity index (χ4v) is 3.97. The van der Waals surface area contributed by atoms with Gasteiger partial charge in [-0.1, -0.05) is 6.42 Å². The van der Waals surface area contributed by atoms with Crippen LogP contribution in [0.5, 0.6) is 0 Å². The minimum Gasteiger partial charge on any atom is -0.469 e. The number of carbonyl (C=O) groups is 1. The zero-order chi connectivity index (χ0) is 14.2. The largest absolute Gasteiger partial charge is 0.469 e. The third-order valence-corrected chi connectivity index (χ3v) is 4.95. The molecule has 1 saturated carbocycles. The number of methoxy groups -OCH3 is 1. The molecule has 0 amide bonds. The van der Waals surface area contributed by atoms with E-state index in [0.717, 1.165) is 45.4 Å². The molecule has 1 aliphatic carbocycles. The van der Waals surface area contributed by atoms with Crippen LogP contribution in [-0.4, -0.2) is 40.8 Å². The highest BCUT2D eigenvalue weighted by atomic mass is 16.5. The van der Waals surface area contributed by atoms with E-state index in [9.17, 15) is 4.79 Å². The van der Waals surface area contributed by atoms with Crippen molar-refractivity contribution in [2.75, 3.05) is 20.2 Å². The Kier molecular flexibility index (Phi) is 3.54. The third-order valence-electron chi connectivity index (χ3n) is 4.95. The van der Waals surface area contributed by atoms with Crippen molar-refractivity contribution < 1.29 is 9.53 Å². The smallest absolute Gasteiger partial charge is 0.313 e. The summed E-state index contributed by atoms with van der Waals surface area (Å²) in [5.74, 6) is 0.461. The molecule has 5 heteroatoms. The Hall–Kier alpha value is -1.36.